The highest BCUT2D eigenvalue weighted by molar-refractivity contribution is 7.80. The van der Waals surface area contributed by atoms with Gasteiger partial charge < -0.3 is 11.1 Å². The first-order valence-electron chi connectivity index (χ1n) is 7.77. The first kappa shape index (κ1) is 15.7. The van der Waals surface area contributed by atoms with E-state index >= 15 is 0 Å². The van der Waals surface area contributed by atoms with Crippen molar-refractivity contribution in [1.29, 1.82) is 0 Å². The molecule has 114 valence electrons. The van der Waals surface area contributed by atoms with Crippen LogP contribution in [0, 0.1) is 16.7 Å². The third kappa shape index (κ3) is 2.36. The Kier molecular flexibility index (Phi) is 3.91. The monoisotopic (exact) mass is 296 g/mol. The number of thiocarbonyl (C=S) groups is 1. The molecule has 0 spiro atoms. The minimum absolute atomic E-state index is 0.0548. The predicted octanol–water partition coefficient (Wildman–Crippen LogP) is 3.16. The van der Waals surface area contributed by atoms with E-state index in [1.54, 1.807) is 0 Å². The van der Waals surface area contributed by atoms with Gasteiger partial charge in [-0.2, -0.15) is 0 Å². The summed E-state index contributed by atoms with van der Waals surface area (Å²) in [4.78, 5) is 13.2. The lowest BCUT2D eigenvalue weighted by molar-refractivity contribution is -0.124. The second-order valence-electron chi connectivity index (χ2n) is 7.73. The maximum atomic E-state index is 12.7. The van der Waals surface area contributed by atoms with Crippen molar-refractivity contribution in [3.05, 3.63) is 0 Å². The van der Waals surface area contributed by atoms with Crippen LogP contribution in [0.3, 0.4) is 0 Å². The summed E-state index contributed by atoms with van der Waals surface area (Å²) in [6.07, 6.45) is 6.38. The number of rotatable bonds is 3. The van der Waals surface area contributed by atoms with Crippen LogP contribution in [0.15, 0.2) is 0 Å². The largest absolute Gasteiger partial charge is 0.391 e. The lowest BCUT2D eigenvalue weighted by Crippen LogP contribution is -2.57. The van der Waals surface area contributed by atoms with Crippen molar-refractivity contribution < 1.29 is 4.79 Å². The first-order valence-corrected chi connectivity index (χ1v) is 8.18. The number of hydrogen-bond acceptors (Lipinski definition) is 2. The fraction of sp³-hybridized carbons (Fsp3) is 0.875. The minimum atomic E-state index is -0.447. The third-order valence-corrected chi connectivity index (χ3v) is 6.46. The van der Waals surface area contributed by atoms with Crippen molar-refractivity contribution in [2.24, 2.45) is 22.5 Å². The molecule has 0 aliphatic heterocycles. The summed E-state index contributed by atoms with van der Waals surface area (Å²) >= 11 is 5.29. The quantitative estimate of drug-likeness (QED) is 0.621. The van der Waals surface area contributed by atoms with Crippen LogP contribution in [-0.2, 0) is 4.79 Å². The van der Waals surface area contributed by atoms with Crippen molar-refractivity contribution in [1.82, 2.24) is 5.32 Å². The molecule has 3 nitrogen and oxygen atoms in total. The van der Waals surface area contributed by atoms with Crippen LogP contribution in [0.2, 0.25) is 0 Å². The summed E-state index contributed by atoms with van der Waals surface area (Å²) in [5.41, 5.74) is 5.66. The summed E-state index contributed by atoms with van der Waals surface area (Å²) < 4.78 is 0. The van der Waals surface area contributed by atoms with E-state index in [-0.39, 0.29) is 22.7 Å². The van der Waals surface area contributed by atoms with Gasteiger partial charge in [-0.25, -0.2) is 0 Å². The average Bonchev–Trinajstić information content (AvgIpc) is 2.84. The molecule has 0 aromatic carbocycles. The Labute approximate surface area is 128 Å². The number of nitrogens with two attached hydrogens (primary N) is 1. The zero-order chi connectivity index (χ0) is 15.2. The molecule has 1 amide bonds. The van der Waals surface area contributed by atoms with Crippen molar-refractivity contribution >= 4 is 23.1 Å². The highest BCUT2D eigenvalue weighted by atomic mass is 32.1. The number of hydrogen-bond donors (Lipinski definition) is 2. The van der Waals surface area contributed by atoms with Gasteiger partial charge >= 0.3 is 0 Å². The van der Waals surface area contributed by atoms with Crippen LogP contribution in [-0.4, -0.2) is 16.4 Å². The van der Waals surface area contributed by atoms with E-state index in [2.05, 4.69) is 33.0 Å². The molecule has 0 unspecified atom stereocenters. The molecule has 0 aromatic rings. The molecule has 3 N–H and O–H groups in total. The van der Waals surface area contributed by atoms with E-state index in [0.717, 1.165) is 25.7 Å². The second kappa shape index (κ2) is 4.97. The number of amides is 1. The van der Waals surface area contributed by atoms with E-state index in [1.807, 2.05) is 0 Å². The lowest BCUT2D eigenvalue weighted by atomic mass is 9.89. The Balaban J connectivity index is 2.14. The third-order valence-electron chi connectivity index (χ3n) is 6.07. The molecule has 2 fully saturated rings. The van der Waals surface area contributed by atoms with Crippen molar-refractivity contribution in [2.75, 3.05) is 0 Å². The topological polar surface area (TPSA) is 55.1 Å². The van der Waals surface area contributed by atoms with Gasteiger partial charge in [-0.3, -0.25) is 4.79 Å². The molecule has 0 atom stereocenters. The molecule has 2 rings (SSSR count). The number of carbonyl (C=O) groups is 1. The van der Waals surface area contributed by atoms with E-state index in [1.165, 1.54) is 12.8 Å². The Morgan fingerprint density at radius 2 is 1.50 bits per heavy atom. The van der Waals surface area contributed by atoms with Crippen molar-refractivity contribution in [3.63, 3.8) is 0 Å². The van der Waals surface area contributed by atoms with Crippen molar-refractivity contribution in [2.45, 2.75) is 71.8 Å². The number of carbonyl (C=O) groups excluding carboxylic acids is 1. The van der Waals surface area contributed by atoms with E-state index in [4.69, 9.17) is 18.0 Å². The summed E-state index contributed by atoms with van der Waals surface area (Å²) in [7, 11) is 0. The van der Waals surface area contributed by atoms with Gasteiger partial charge in [0.25, 0.3) is 0 Å². The highest BCUT2D eigenvalue weighted by Gasteiger charge is 2.68. The van der Waals surface area contributed by atoms with Crippen LogP contribution < -0.4 is 11.1 Å². The second-order valence-corrected chi connectivity index (χ2v) is 8.17. The maximum Gasteiger partial charge on any atom is 0.225 e. The minimum Gasteiger partial charge on any atom is -0.391 e. The molecule has 4 heteroatoms. The van der Waals surface area contributed by atoms with Crippen molar-refractivity contribution in [3.8, 4) is 0 Å². The maximum absolute atomic E-state index is 12.7. The molecule has 0 radical (unpaired) electrons. The fourth-order valence-electron chi connectivity index (χ4n) is 3.92. The summed E-state index contributed by atoms with van der Waals surface area (Å²) in [6, 6.07) is 0. The lowest BCUT2D eigenvalue weighted by Gasteiger charge is -2.33. The van der Waals surface area contributed by atoms with Gasteiger partial charge in [0.15, 0.2) is 0 Å². The zero-order valence-corrected chi connectivity index (χ0v) is 14.0. The molecule has 0 bridgehead atoms. The SMILES string of the molecule is CC1(C)C(C(=O)NC2(C(N)=S)CCCCCC2)C1(C)C. The molecule has 2 aliphatic rings. The molecule has 20 heavy (non-hydrogen) atoms. The zero-order valence-electron chi connectivity index (χ0n) is 13.2. The molecule has 0 saturated heterocycles. The molecule has 0 aromatic heterocycles. The van der Waals surface area contributed by atoms with Crippen LogP contribution in [0.1, 0.15) is 66.2 Å². The first-order chi connectivity index (χ1) is 9.15. The molecule has 0 heterocycles. The highest BCUT2D eigenvalue weighted by Crippen LogP contribution is 2.68. The summed E-state index contributed by atoms with van der Waals surface area (Å²) in [5.74, 6) is 0.194. The van der Waals surface area contributed by atoms with Crippen LogP contribution in [0.5, 0.6) is 0 Å². The van der Waals surface area contributed by atoms with E-state index in [9.17, 15) is 4.79 Å². The summed E-state index contributed by atoms with van der Waals surface area (Å²) in [6.45, 7) is 8.66. The standard InChI is InChI=1S/C16H28N2OS/c1-14(2)11(15(14,3)4)12(19)18-16(13(17)20)9-7-5-6-8-10-16/h11H,5-10H2,1-4H3,(H2,17,20)(H,18,19). The van der Waals surface area contributed by atoms with Crippen LogP contribution >= 0.6 is 12.2 Å². The van der Waals surface area contributed by atoms with Gasteiger partial charge in [0.1, 0.15) is 0 Å². The van der Waals surface area contributed by atoms with E-state index in [0.29, 0.717) is 4.99 Å². The smallest absolute Gasteiger partial charge is 0.225 e. The van der Waals surface area contributed by atoms with Gasteiger partial charge in [-0.1, -0.05) is 65.6 Å². The van der Waals surface area contributed by atoms with Gasteiger partial charge in [-0.15, -0.1) is 0 Å². The van der Waals surface area contributed by atoms with Gasteiger partial charge in [0.05, 0.1) is 10.5 Å². The van der Waals surface area contributed by atoms with Gasteiger partial charge in [-0.05, 0) is 23.7 Å². The molecular weight excluding hydrogens is 268 g/mol. The van der Waals surface area contributed by atoms with Crippen LogP contribution in [0.25, 0.3) is 0 Å². The average molecular weight is 296 g/mol. The van der Waals surface area contributed by atoms with E-state index < -0.39 is 5.54 Å². The normalized spacial score (nSPS) is 27.4. The molecule has 2 aliphatic carbocycles. The Hall–Kier alpha value is -0.640. The van der Waals surface area contributed by atoms with Crippen LogP contribution in [0.4, 0.5) is 0 Å². The predicted molar refractivity (Wildman–Crippen MR) is 86.4 cm³/mol. The number of nitrogens with one attached hydrogen (secondary N) is 1. The molecule has 2 saturated carbocycles. The van der Waals surface area contributed by atoms with Gasteiger partial charge in [0, 0.05) is 5.92 Å². The Bertz CT molecular complexity index is 406. The van der Waals surface area contributed by atoms with Gasteiger partial charge in [0.2, 0.25) is 5.91 Å². The Morgan fingerprint density at radius 1 is 1.05 bits per heavy atom. The summed E-state index contributed by atoms with van der Waals surface area (Å²) in [5, 5.41) is 3.24. The molecular formula is C16H28N2OS. The Morgan fingerprint density at radius 3 is 1.85 bits per heavy atom. The fourth-order valence-corrected chi connectivity index (χ4v) is 4.18.